The number of rotatable bonds is 13. The Labute approximate surface area is 287 Å². The Morgan fingerprint density at radius 1 is 1.02 bits per heavy atom. The van der Waals surface area contributed by atoms with Crippen LogP contribution in [0.3, 0.4) is 0 Å². The van der Waals surface area contributed by atoms with Gasteiger partial charge >= 0.3 is 11.9 Å². The van der Waals surface area contributed by atoms with Crippen LogP contribution >= 0.6 is 0 Å². The van der Waals surface area contributed by atoms with Gasteiger partial charge in [0.05, 0.1) is 18.2 Å². The number of nitrogens with one attached hydrogen (secondary N) is 1. The number of ether oxygens (including phenoxy) is 4. The van der Waals surface area contributed by atoms with E-state index in [0.29, 0.717) is 23.1 Å². The molecule has 3 aliphatic carbocycles. The number of para-hydroxylation sites is 1. The van der Waals surface area contributed by atoms with Crippen LogP contribution < -0.4 is 5.32 Å². The summed E-state index contributed by atoms with van der Waals surface area (Å²) in [6.07, 6.45) is 8.38. The first-order chi connectivity index (χ1) is 23.5. The number of amides is 1. The fourth-order valence-corrected chi connectivity index (χ4v) is 6.77. The molecule has 0 unspecified atom stereocenters. The summed E-state index contributed by atoms with van der Waals surface area (Å²) in [5.74, 6) is -1.36. The first kappa shape index (κ1) is 34.9. The summed E-state index contributed by atoms with van der Waals surface area (Å²) in [6.45, 7) is 5.00. The number of phenols is 1. The standard InChI is InChI=1S/C39H47NO9/c1-38(2,3)48-34(43)20-19-29(23-41)40-36(44)26-21-32(35-33(22-26)47-39(49-35,27-15-16-27)28-17-18-28)46-37(45)30-13-6-4-9-24(30)11-8-12-25-10-5-7-14-31(25)42/h4-11,13-14,22,27-29,32-33,35,41-42H,12,15-21,23H2,1-3H3,(H,40,44)/t29-,32+,33+,35-/m0/s1. The quantitative estimate of drug-likeness (QED) is 0.238. The molecule has 0 radical (unpaired) electrons. The Hall–Kier alpha value is -3.99. The van der Waals surface area contributed by atoms with Crippen molar-refractivity contribution in [1.82, 2.24) is 5.32 Å². The molecular formula is C39H47NO9. The van der Waals surface area contributed by atoms with Crippen LogP contribution in [0.2, 0.25) is 0 Å². The Morgan fingerprint density at radius 2 is 1.71 bits per heavy atom. The van der Waals surface area contributed by atoms with E-state index in [4.69, 9.17) is 18.9 Å². The number of phenolic OH excluding ortho intramolecular Hbond substituents is 1. The van der Waals surface area contributed by atoms with E-state index in [1.807, 2.05) is 36.4 Å². The zero-order valence-corrected chi connectivity index (χ0v) is 28.4. The highest BCUT2D eigenvalue weighted by Crippen LogP contribution is 2.59. The third-order valence-corrected chi connectivity index (χ3v) is 9.44. The summed E-state index contributed by atoms with van der Waals surface area (Å²) >= 11 is 0. The minimum absolute atomic E-state index is 0.0371. The zero-order valence-electron chi connectivity index (χ0n) is 28.4. The maximum atomic E-state index is 13.8. The highest BCUT2D eigenvalue weighted by atomic mass is 16.8. The summed E-state index contributed by atoms with van der Waals surface area (Å²) in [5, 5.41) is 23.0. The van der Waals surface area contributed by atoms with Gasteiger partial charge in [-0.25, -0.2) is 4.79 Å². The maximum Gasteiger partial charge on any atom is 0.339 e. The second kappa shape index (κ2) is 14.5. The molecule has 1 saturated heterocycles. The number of hydrogen-bond donors (Lipinski definition) is 3. The van der Waals surface area contributed by atoms with Crippen molar-refractivity contribution < 1.29 is 43.5 Å². The van der Waals surface area contributed by atoms with Gasteiger partial charge in [-0.2, -0.15) is 0 Å². The largest absolute Gasteiger partial charge is 0.508 e. The molecule has 0 bridgehead atoms. The first-order valence-corrected chi connectivity index (χ1v) is 17.4. The van der Waals surface area contributed by atoms with Crippen molar-refractivity contribution in [3.63, 3.8) is 0 Å². The van der Waals surface area contributed by atoms with Gasteiger partial charge in [0, 0.05) is 30.3 Å². The maximum absolute atomic E-state index is 13.8. The highest BCUT2D eigenvalue weighted by molar-refractivity contribution is 5.95. The van der Waals surface area contributed by atoms with Crippen LogP contribution in [0.5, 0.6) is 5.75 Å². The predicted octanol–water partition coefficient (Wildman–Crippen LogP) is 5.40. The number of esters is 2. The van der Waals surface area contributed by atoms with Gasteiger partial charge in [-0.05, 0) is 88.6 Å². The molecule has 1 heterocycles. The summed E-state index contributed by atoms with van der Waals surface area (Å²) in [7, 11) is 0. The molecule has 10 nitrogen and oxygen atoms in total. The number of aromatic hydroxyl groups is 1. The van der Waals surface area contributed by atoms with Crippen LogP contribution in [0.15, 0.2) is 66.3 Å². The lowest BCUT2D eigenvalue weighted by Gasteiger charge is -2.31. The van der Waals surface area contributed by atoms with E-state index in [2.05, 4.69) is 5.32 Å². The van der Waals surface area contributed by atoms with Gasteiger partial charge in [0.2, 0.25) is 5.91 Å². The number of allylic oxidation sites excluding steroid dienone is 1. The molecule has 10 heteroatoms. The van der Waals surface area contributed by atoms with Crippen molar-refractivity contribution in [2.45, 2.75) is 108 Å². The molecule has 262 valence electrons. The van der Waals surface area contributed by atoms with Gasteiger partial charge in [-0.15, -0.1) is 0 Å². The van der Waals surface area contributed by atoms with E-state index in [1.54, 1.807) is 51.1 Å². The molecule has 6 rings (SSSR count). The van der Waals surface area contributed by atoms with Gasteiger partial charge in [-0.1, -0.05) is 48.6 Å². The first-order valence-electron chi connectivity index (χ1n) is 17.4. The Morgan fingerprint density at radius 3 is 2.39 bits per heavy atom. The summed E-state index contributed by atoms with van der Waals surface area (Å²) in [6, 6.07) is 13.6. The number of hydrogen-bond acceptors (Lipinski definition) is 9. The van der Waals surface area contributed by atoms with E-state index >= 15 is 0 Å². The third kappa shape index (κ3) is 8.43. The Kier molecular flexibility index (Phi) is 10.3. The molecule has 0 aromatic heterocycles. The van der Waals surface area contributed by atoms with Gasteiger partial charge in [0.25, 0.3) is 0 Å². The number of aliphatic hydroxyl groups excluding tert-OH is 1. The lowest BCUT2D eigenvalue weighted by atomic mass is 9.91. The average molecular weight is 674 g/mol. The molecular weight excluding hydrogens is 626 g/mol. The van der Waals surface area contributed by atoms with Crippen molar-refractivity contribution in [2.75, 3.05) is 6.61 Å². The van der Waals surface area contributed by atoms with Crippen LogP contribution in [-0.2, 0) is 35.0 Å². The summed E-state index contributed by atoms with van der Waals surface area (Å²) < 4.78 is 25.0. The monoisotopic (exact) mass is 673 g/mol. The van der Waals surface area contributed by atoms with E-state index in [9.17, 15) is 24.6 Å². The lowest BCUT2D eigenvalue weighted by molar-refractivity contribution is -0.209. The van der Waals surface area contributed by atoms with Gasteiger partial charge in [0.1, 0.15) is 29.7 Å². The SMILES string of the molecule is CC(C)(C)OC(=O)CC[C@@H](CO)NC(=O)C1=C[C@H]2OC(C3CC3)(C3CC3)O[C@H]2[C@H](OC(=O)c2ccccc2C=CCc2ccccc2O)C1. The van der Waals surface area contributed by atoms with Gasteiger partial charge < -0.3 is 34.5 Å². The van der Waals surface area contributed by atoms with Crippen LogP contribution in [0.1, 0.15) is 87.2 Å². The minimum atomic E-state index is -0.796. The predicted molar refractivity (Wildman–Crippen MR) is 181 cm³/mol. The van der Waals surface area contributed by atoms with Gasteiger partial charge in [-0.3, -0.25) is 9.59 Å². The molecule has 49 heavy (non-hydrogen) atoms. The summed E-state index contributed by atoms with van der Waals surface area (Å²) in [5.41, 5.74) is 1.54. The molecule has 2 aromatic rings. The summed E-state index contributed by atoms with van der Waals surface area (Å²) in [4.78, 5) is 39.7. The number of fused-ring (bicyclic) bond motifs is 1. The van der Waals surface area contributed by atoms with Crippen molar-refractivity contribution in [1.29, 1.82) is 0 Å². The number of benzene rings is 2. The van der Waals surface area contributed by atoms with Crippen molar-refractivity contribution in [3.8, 4) is 5.75 Å². The fourth-order valence-electron chi connectivity index (χ4n) is 6.77. The van der Waals surface area contributed by atoms with Crippen molar-refractivity contribution in [3.05, 3.63) is 82.9 Å². The van der Waals surface area contributed by atoms with E-state index in [0.717, 1.165) is 31.2 Å². The molecule has 2 saturated carbocycles. The van der Waals surface area contributed by atoms with E-state index in [1.165, 1.54) is 0 Å². The molecule has 4 aliphatic rings. The van der Waals surface area contributed by atoms with E-state index < -0.39 is 53.6 Å². The Bertz CT molecular complexity index is 1590. The molecule has 4 atom stereocenters. The second-order valence-corrected chi connectivity index (χ2v) is 14.6. The molecule has 1 aliphatic heterocycles. The normalized spacial score (nSPS) is 23.8. The lowest BCUT2D eigenvalue weighted by Crippen LogP contribution is -2.45. The molecule has 3 N–H and O–H groups in total. The smallest absolute Gasteiger partial charge is 0.339 e. The number of aliphatic hydroxyl groups is 1. The van der Waals surface area contributed by atoms with Crippen LogP contribution in [0.25, 0.3) is 6.08 Å². The molecule has 2 aromatic carbocycles. The molecule has 0 spiro atoms. The topological polar surface area (TPSA) is 141 Å². The van der Waals surface area contributed by atoms with Crippen molar-refractivity contribution in [2.24, 2.45) is 11.8 Å². The number of carbonyl (C=O) groups is 3. The van der Waals surface area contributed by atoms with Crippen LogP contribution in [0.4, 0.5) is 0 Å². The van der Waals surface area contributed by atoms with Crippen LogP contribution in [-0.4, -0.2) is 70.4 Å². The van der Waals surface area contributed by atoms with Crippen LogP contribution in [0, 0.1) is 11.8 Å². The molecule has 1 amide bonds. The average Bonchev–Trinajstić information content (AvgIpc) is 4.00. The number of carbonyl (C=O) groups excluding carboxylic acids is 3. The van der Waals surface area contributed by atoms with Gasteiger partial charge in [0.15, 0.2) is 5.79 Å². The molecule has 3 fully saturated rings. The second-order valence-electron chi connectivity index (χ2n) is 14.6. The minimum Gasteiger partial charge on any atom is -0.508 e. The van der Waals surface area contributed by atoms with E-state index in [-0.39, 0.29) is 43.5 Å². The fraction of sp³-hybridized carbons (Fsp3) is 0.513. The third-order valence-electron chi connectivity index (χ3n) is 9.44. The van der Waals surface area contributed by atoms with Crippen molar-refractivity contribution >= 4 is 23.9 Å². The Balaban J connectivity index is 1.18. The zero-order chi connectivity index (χ0) is 34.8. The highest BCUT2D eigenvalue weighted by Gasteiger charge is 2.64.